The van der Waals surface area contributed by atoms with Crippen LogP contribution in [-0.2, 0) is 9.84 Å². The number of thiocarbonyl (C=S) groups is 1. The second-order valence-corrected chi connectivity index (χ2v) is 8.13. The van der Waals surface area contributed by atoms with Crippen molar-refractivity contribution in [2.45, 2.75) is 16.1 Å². The van der Waals surface area contributed by atoms with E-state index in [-0.39, 0.29) is 16.8 Å². The number of ether oxygens (including phenoxy) is 1. The summed E-state index contributed by atoms with van der Waals surface area (Å²) < 4.78 is 30.9. The average molecular weight is 347 g/mol. The average Bonchev–Trinajstić information content (AvgIpc) is 3.32. The van der Waals surface area contributed by atoms with E-state index in [0.717, 1.165) is 11.3 Å². The van der Waals surface area contributed by atoms with Crippen molar-refractivity contribution in [2.24, 2.45) is 11.7 Å². The molecule has 0 aliphatic heterocycles. The molecule has 120 valence electrons. The minimum atomic E-state index is -3.47. The van der Waals surface area contributed by atoms with Crippen LogP contribution in [0.3, 0.4) is 0 Å². The van der Waals surface area contributed by atoms with Crippen LogP contribution in [0.2, 0.25) is 0 Å². The highest BCUT2D eigenvalue weighted by Crippen LogP contribution is 2.54. The standard InChI is InChI=1S/C17H17NO3S2/c1-21-12-9-7-11(8-10-12)14-15(17(18)22)16(14)23(19,20)13-5-3-2-4-6-13/h2-10,14-16H,1H3,(H2,18,22)/t14-,15-,16+/m0/s1. The topological polar surface area (TPSA) is 69.4 Å². The largest absolute Gasteiger partial charge is 0.497 e. The lowest BCUT2D eigenvalue weighted by molar-refractivity contribution is 0.414. The molecule has 3 atom stereocenters. The third-order valence-electron chi connectivity index (χ3n) is 4.21. The van der Waals surface area contributed by atoms with Gasteiger partial charge in [0, 0.05) is 11.8 Å². The van der Waals surface area contributed by atoms with Crippen LogP contribution >= 0.6 is 12.2 Å². The molecule has 0 aromatic heterocycles. The van der Waals surface area contributed by atoms with Crippen LogP contribution in [0.4, 0.5) is 0 Å². The van der Waals surface area contributed by atoms with Gasteiger partial charge in [-0.2, -0.15) is 0 Å². The van der Waals surface area contributed by atoms with Gasteiger partial charge in [-0.1, -0.05) is 42.5 Å². The van der Waals surface area contributed by atoms with Gasteiger partial charge in [0.15, 0.2) is 9.84 Å². The van der Waals surface area contributed by atoms with E-state index < -0.39 is 15.1 Å². The van der Waals surface area contributed by atoms with Crippen molar-refractivity contribution < 1.29 is 13.2 Å². The van der Waals surface area contributed by atoms with E-state index in [4.69, 9.17) is 22.7 Å². The molecular weight excluding hydrogens is 330 g/mol. The highest BCUT2D eigenvalue weighted by Gasteiger charge is 2.60. The molecule has 0 heterocycles. The summed E-state index contributed by atoms with van der Waals surface area (Å²) in [5.41, 5.74) is 6.70. The second kappa shape index (κ2) is 5.94. The van der Waals surface area contributed by atoms with Crippen LogP contribution in [-0.4, -0.2) is 25.8 Å². The van der Waals surface area contributed by atoms with Crippen LogP contribution in [0.5, 0.6) is 5.75 Å². The minimum absolute atomic E-state index is 0.205. The van der Waals surface area contributed by atoms with Crippen LogP contribution in [0.1, 0.15) is 11.5 Å². The SMILES string of the molecule is COc1ccc([C@H]2[C@H](C(N)=S)[C@@H]2S(=O)(=O)c2ccccc2)cc1. The zero-order chi connectivity index (χ0) is 16.6. The summed E-state index contributed by atoms with van der Waals surface area (Å²) in [5.74, 6) is 0.191. The van der Waals surface area contributed by atoms with Crippen LogP contribution in [0.15, 0.2) is 59.5 Å². The van der Waals surface area contributed by atoms with Gasteiger partial charge < -0.3 is 10.5 Å². The smallest absolute Gasteiger partial charge is 0.182 e. The van der Waals surface area contributed by atoms with Crippen LogP contribution in [0.25, 0.3) is 0 Å². The first-order valence-electron chi connectivity index (χ1n) is 7.19. The van der Waals surface area contributed by atoms with Crippen molar-refractivity contribution in [2.75, 3.05) is 7.11 Å². The van der Waals surface area contributed by atoms with Crippen molar-refractivity contribution in [1.29, 1.82) is 0 Å². The van der Waals surface area contributed by atoms with E-state index in [1.165, 1.54) is 0 Å². The van der Waals surface area contributed by atoms with E-state index in [1.807, 2.05) is 24.3 Å². The fourth-order valence-corrected chi connectivity index (χ4v) is 5.55. The van der Waals surface area contributed by atoms with Crippen molar-refractivity contribution in [3.8, 4) is 5.75 Å². The molecule has 23 heavy (non-hydrogen) atoms. The van der Waals surface area contributed by atoms with E-state index >= 15 is 0 Å². The molecule has 2 aromatic rings. The molecule has 1 aliphatic carbocycles. The number of benzene rings is 2. The van der Waals surface area contributed by atoms with Gasteiger partial charge in [0.1, 0.15) is 5.75 Å². The first-order valence-corrected chi connectivity index (χ1v) is 9.14. The molecular formula is C17H17NO3S2. The first-order chi connectivity index (χ1) is 11.0. The lowest BCUT2D eigenvalue weighted by Crippen LogP contribution is -2.17. The van der Waals surface area contributed by atoms with Gasteiger partial charge in [-0.25, -0.2) is 8.42 Å². The summed E-state index contributed by atoms with van der Waals surface area (Å²) in [5, 5.41) is -0.601. The molecule has 6 heteroatoms. The predicted molar refractivity (Wildman–Crippen MR) is 93.4 cm³/mol. The Morgan fingerprint density at radius 2 is 1.70 bits per heavy atom. The Balaban J connectivity index is 1.96. The van der Waals surface area contributed by atoms with Gasteiger partial charge in [0.2, 0.25) is 0 Å². The summed E-state index contributed by atoms with van der Waals surface area (Å²) in [4.78, 5) is 0.553. The fraction of sp³-hybridized carbons (Fsp3) is 0.235. The Bertz CT molecular complexity index is 817. The maximum Gasteiger partial charge on any atom is 0.182 e. The first kappa shape index (κ1) is 16.0. The third kappa shape index (κ3) is 2.84. The molecule has 0 radical (unpaired) electrons. The van der Waals surface area contributed by atoms with E-state index in [2.05, 4.69) is 0 Å². The highest BCUT2D eigenvalue weighted by molar-refractivity contribution is 7.92. The molecule has 3 rings (SSSR count). The molecule has 0 saturated heterocycles. The summed E-state index contributed by atoms with van der Waals surface area (Å²) in [6.07, 6.45) is 0. The molecule has 4 nitrogen and oxygen atoms in total. The van der Waals surface area contributed by atoms with Crippen molar-refractivity contribution in [3.63, 3.8) is 0 Å². The third-order valence-corrected chi connectivity index (χ3v) is 6.72. The quantitative estimate of drug-likeness (QED) is 0.842. The lowest BCUT2D eigenvalue weighted by Gasteiger charge is -2.05. The number of sulfone groups is 1. The number of methoxy groups -OCH3 is 1. The zero-order valence-electron chi connectivity index (χ0n) is 12.5. The van der Waals surface area contributed by atoms with Crippen molar-refractivity contribution >= 4 is 27.0 Å². The zero-order valence-corrected chi connectivity index (χ0v) is 14.2. The van der Waals surface area contributed by atoms with Gasteiger partial charge in [-0.3, -0.25) is 0 Å². The molecule has 2 N–H and O–H groups in total. The highest BCUT2D eigenvalue weighted by atomic mass is 32.2. The Hall–Kier alpha value is -1.92. The molecule has 1 fully saturated rings. The Labute approximate surface area is 141 Å². The Morgan fingerprint density at radius 1 is 1.09 bits per heavy atom. The molecule has 2 aromatic carbocycles. The van der Waals surface area contributed by atoms with Gasteiger partial charge in [0.25, 0.3) is 0 Å². The second-order valence-electron chi connectivity index (χ2n) is 5.55. The van der Waals surface area contributed by atoms with E-state index in [9.17, 15) is 8.42 Å². The summed E-state index contributed by atoms with van der Waals surface area (Å²) in [6, 6.07) is 15.8. The summed E-state index contributed by atoms with van der Waals surface area (Å²) in [6.45, 7) is 0. The molecule has 0 bridgehead atoms. The maximum atomic E-state index is 12.9. The van der Waals surface area contributed by atoms with Crippen molar-refractivity contribution in [1.82, 2.24) is 0 Å². The lowest BCUT2D eigenvalue weighted by atomic mass is 10.1. The monoisotopic (exact) mass is 347 g/mol. The Kier molecular flexibility index (Phi) is 4.12. The van der Waals surface area contributed by atoms with Gasteiger partial charge in [-0.15, -0.1) is 0 Å². The number of hydrogen-bond donors (Lipinski definition) is 1. The molecule has 0 unspecified atom stereocenters. The van der Waals surface area contributed by atoms with Crippen LogP contribution < -0.4 is 10.5 Å². The fourth-order valence-electron chi connectivity index (χ4n) is 3.00. The summed E-state index contributed by atoms with van der Waals surface area (Å²) in [7, 11) is -1.88. The molecule has 0 spiro atoms. The normalized spacial score (nSPS) is 23.3. The van der Waals surface area contributed by atoms with E-state index in [0.29, 0.717) is 4.90 Å². The number of nitrogens with two attached hydrogens (primary N) is 1. The number of hydrogen-bond acceptors (Lipinski definition) is 4. The van der Waals surface area contributed by atoms with Gasteiger partial charge >= 0.3 is 0 Å². The predicted octanol–water partition coefficient (Wildman–Crippen LogP) is 2.54. The van der Waals surface area contributed by atoms with E-state index in [1.54, 1.807) is 37.4 Å². The molecule has 1 aliphatic rings. The van der Waals surface area contributed by atoms with Crippen molar-refractivity contribution in [3.05, 3.63) is 60.2 Å². The number of rotatable bonds is 5. The molecule has 0 amide bonds. The van der Waals surface area contributed by atoms with Gasteiger partial charge in [0.05, 0.1) is 22.2 Å². The minimum Gasteiger partial charge on any atom is -0.497 e. The summed E-state index contributed by atoms with van der Waals surface area (Å²) >= 11 is 5.09. The van der Waals surface area contributed by atoms with Gasteiger partial charge in [-0.05, 0) is 29.8 Å². The van der Waals surface area contributed by atoms with Crippen LogP contribution in [0, 0.1) is 5.92 Å². The molecule has 1 saturated carbocycles. The Morgan fingerprint density at radius 3 is 2.22 bits per heavy atom. The maximum absolute atomic E-state index is 12.9.